The zero-order chi connectivity index (χ0) is 12.3. The van der Waals surface area contributed by atoms with E-state index in [4.69, 9.17) is 0 Å². The molecule has 0 radical (unpaired) electrons. The minimum Gasteiger partial charge on any atom is -0.393 e. The van der Waals surface area contributed by atoms with Gasteiger partial charge in [-0.15, -0.1) is 11.8 Å². The highest BCUT2D eigenvalue weighted by Gasteiger charge is 2.20. The molecule has 3 heteroatoms. The second-order valence-corrected chi connectivity index (χ2v) is 6.03. The van der Waals surface area contributed by atoms with E-state index in [0.717, 1.165) is 37.5 Å². The van der Waals surface area contributed by atoms with Crippen molar-refractivity contribution in [2.45, 2.75) is 48.9 Å². The van der Waals surface area contributed by atoms with Gasteiger partial charge in [0.25, 0.3) is 0 Å². The highest BCUT2D eigenvalue weighted by atomic mass is 32.2. The number of hydrogen-bond acceptors (Lipinski definition) is 3. The van der Waals surface area contributed by atoms with E-state index in [1.54, 1.807) is 0 Å². The average molecular weight is 250 g/mol. The summed E-state index contributed by atoms with van der Waals surface area (Å²) in [6.45, 7) is 2.08. The number of rotatable bonds is 3. The van der Waals surface area contributed by atoms with Gasteiger partial charge in [-0.05, 0) is 44.2 Å². The molecule has 17 heavy (non-hydrogen) atoms. The Bertz CT molecular complexity index is 395. The Morgan fingerprint density at radius 3 is 2.65 bits per heavy atom. The van der Waals surface area contributed by atoms with Crippen molar-refractivity contribution in [1.82, 2.24) is 0 Å². The zero-order valence-corrected chi connectivity index (χ0v) is 10.9. The predicted molar refractivity (Wildman–Crippen MR) is 70.7 cm³/mol. The lowest BCUT2D eigenvalue weighted by Gasteiger charge is -2.25. The second-order valence-electron chi connectivity index (χ2n) is 4.69. The molecule has 0 unspecified atom stereocenters. The minimum absolute atomic E-state index is 0.103. The van der Waals surface area contributed by atoms with E-state index in [2.05, 4.69) is 6.92 Å². The molecule has 1 aromatic rings. The molecular formula is C14H18O2S. The molecule has 2 rings (SSSR count). The van der Waals surface area contributed by atoms with Crippen molar-refractivity contribution in [1.29, 1.82) is 0 Å². The van der Waals surface area contributed by atoms with Crippen LogP contribution < -0.4 is 0 Å². The summed E-state index contributed by atoms with van der Waals surface area (Å²) in [4.78, 5) is 12.0. The topological polar surface area (TPSA) is 37.3 Å². The van der Waals surface area contributed by atoms with Gasteiger partial charge in [-0.25, -0.2) is 0 Å². The van der Waals surface area contributed by atoms with Crippen LogP contribution in [0.25, 0.3) is 0 Å². The number of aliphatic hydroxyl groups is 1. The molecule has 0 aromatic heterocycles. The third-order valence-corrected chi connectivity index (χ3v) is 4.78. The maximum atomic E-state index is 10.8. The van der Waals surface area contributed by atoms with Crippen LogP contribution in [0.4, 0.5) is 0 Å². The molecule has 1 saturated carbocycles. The third kappa shape index (κ3) is 3.33. The molecule has 1 aliphatic carbocycles. The summed E-state index contributed by atoms with van der Waals surface area (Å²) in [6, 6.07) is 5.83. The predicted octanol–water partition coefficient (Wildman–Crippen LogP) is 3.20. The maximum absolute atomic E-state index is 10.8. The molecular weight excluding hydrogens is 232 g/mol. The Kier molecular flexibility index (Phi) is 4.24. The lowest BCUT2D eigenvalue weighted by atomic mass is 9.97. The fourth-order valence-corrected chi connectivity index (χ4v) is 3.48. The monoisotopic (exact) mass is 250 g/mol. The molecule has 0 spiro atoms. The Morgan fingerprint density at radius 1 is 1.29 bits per heavy atom. The van der Waals surface area contributed by atoms with Crippen LogP contribution in [0.2, 0.25) is 0 Å². The minimum atomic E-state index is -0.103. The molecule has 0 bridgehead atoms. The van der Waals surface area contributed by atoms with E-state index in [1.165, 1.54) is 10.5 Å². The van der Waals surface area contributed by atoms with Gasteiger partial charge in [0, 0.05) is 15.7 Å². The first-order valence-corrected chi connectivity index (χ1v) is 6.97. The van der Waals surface area contributed by atoms with E-state index < -0.39 is 0 Å². The SMILES string of the molecule is Cc1ccc(C=O)cc1SC1CCC(O)CC1. The number of aldehydes is 1. The van der Waals surface area contributed by atoms with Gasteiger partial charge in [-0.3, -0.25) is 4.79 Å². The molecule has 1 aromatic carbocycles. The van der Waals surface area contributed by atoms with Crippen LogP contribution in [0, 0.1) is 6.92 Å². The first kappa shape index (κ1) is 12.7. The molecule has 0 saturated heterocycles. The summed E-state index contributed by atoms with van der Waals surface area (Å²) in [7, 11) is 0. The van der Waals surface area contributed by atoms with Gasteiger partial charge >= 0.3 is 0 Å². The standard InChI is InChI=1S/C14H18O2S/c1-10-2-3-11(9-15)8-14(10)17-13-6-4-12(16)5-7-13/h2-3,8-9,12-13,16H,4-7H2,1H3. The Morgan fingerprint density at radius 2 is 2.00 bits per heavy atom. The molecule has 2 nitrogen and oxygen atoms in total. The van der Waals surface area contributed by atoms with Crippen molar-refractivity contribution < 1.29 is 9.90 Å². The van der Waals surface area contributed by atoms with Crippen LogP contribution in [-0.2, 0) is 0 Å². The van der Waals surface area contributed by atoms with Crippen LogP contribution in [-0.4, -0.2) is 22.7 Å². The Hall–Kier alpha value is -0.800. The quantitative estimate of drug-likeness (QED) is 0.837. The molecule has 1 aliphatic rings. The van der Waals surface area contributed by atoms with E-state index >= 15 is 0 Å². The number of benzene rings is 1. The number of aryl methyl sites for hydroxylation is 1. The van der Waals surface area contributed by atoms with Gasteiger partial charge in [0.2, 0.25) is 0 Å². The van der Waals surface area contributed by atoms with Crippen molar-refractivity contribution in [3.8, 4) is 0 Å². The van der Waals surface area contributed by atoms with Crippen molar-refractivity contribution in [3.63, 3.8) is 0 Å². The summed E-state index contributed by atoms with van der Waals surface area (Å²) in [5, 5.41) is 10.1. The molecule has 0 heterocycles. The summed E-state index contributed by atoms with van der Waals surface area (Å²) in [6.07, 6.45) is 4.74. The molecule has 1 fully saturated rings. The van der Waals surface area contributed by atoms with Crippen LogP contribution in [0.15, 0.2) is 23.1 Å². The molecule has 0 amide bonds. The molecule has 1 N–H and O–H groups in total. The third-order valence-electron chi connectivity index (χ3n) is 3.29. The van der Waals surface area contributed by atoms with Gasteiger partial charge in [-0.1, -0.05) is 12.1 Å². The number of hydrogen-bond donors (Lipinski definition) is 1. The first-order chi connectivity index (χ1) is 8.19. The summed E-state index contributed by atoms with van der Waals surface area (Å²) in [5.41, 5.74) is 1.97. The fraction of sp³-hybridized carbons (Fsp3) is 0.500. The molecule has 92 valence electrons. The van der Waals surface area contributed by atoms with Crippen LogP contribution >= 0.6 is 11.8 Å². The number of thioether (sulfide) groups is 1. The Labute approximate surface area is 106 Å². The summed E-state index contributed by atoms with van der Waals surface area (Å²) in [5.74, 6) is 0. The van der Waals surface area contributed by atoms with Gasteiger partial charge in [0.15, 0.2) is 0 Å². The normalized spacial score (nSPS) is 24.6. The van der Waals surface area contributed by atoms with Crippen molar-refractivity contribution in [3.05, 3.63) is 29.3 Å². The molecule has 0 aliphatic heterocycles. The fourth-order valence-electron chi connectivity index (χ4n) is 2.16. The number of aliphatic hydroxyl groups excluding tert-OH is 1. The lowest BCUT2D eigenvalue weighted by Crippen LogP contribution is -2.19. The highest BCUT2D eigenvalue weighted by Crippen LogP contribution is 2.35. The van der Waals surface area contributed by atoms with Gasteiger partial charge in [-0.2, -0.15) is 0 Å². The lowest BCUT2D eigenvalue weighted by molar-refractivity contribution is 0.112. The zero-order valence-electron chi connectivity index (χ0n) is 10.1. The van der Waals surface area contributed by atoms with Crippen LogP contribution in [0.5, 0.6) is 0 Å². The number of carbonyl (C=O) groups is 1. The van der Waals surface area contributed by atoms with Crippen molar-refractivity contribution in [2.24, 2.45) is 0 Å². The largest absolute Gasteiger partial charge is 0.393 e. The summed E-state index contributed by atoms with van der Waals surface area (Å²) < 4.78 is 0. The smallest absolute Gasteiger partial charge is 0.150 e. The van der Waals surface area contributed by atoms with Gasteiger partial charge in [0.1, 0.15) is 6.29 Å². The van der Waals surface area contributed by atoms with E-state index in [-0.39, 0.29) is 6.10 Å². The molecule has 0 atom stereocenters. The van der Waals surface area contributed by atoms with E-state index in [9.17, 15) is 9.90 Å². The van der Waals surface area contributed by atoms with Gasteiger partial charge < -0.3 is 5.11 Å². The van der Waals surface area contributed by atoms with E-state index in [1.807, 2.05) is 30.0 Å². The van der Waals surface area contributed by atoms with Crippen molar-refractivity contribution in [2.75, 3.05) is 0 Å². The maximum Gasteiger partial charge on any atom is 0.150 e. The summed E-state index contributed by atoms with van der Waals surface area (Å²) >= 11 is 1.85. The van der Waals surface area contributed by atoms with Crippen molar-refractivity contribution >= 4 is 18.0 Å². The van der Waals surface area contributed by atoms with Crippen LogP contribution in [0.1, 0.15) is 41.6 Å². The second kappa shape index (κ2) is 5.69. The van der Waals surface area contributed by atoms with E-state index in [0.29, 0.717) is 5.25 Å². The van der Waals surface area contributed by atoms with Crippen LogP contribution in [0.3, 0.4) is 0 Å². The average Bonchev–Trinajstić information content (AvgIpc) is 2.35. The highest BCUT2D eigenvalue weighted by molar-refractivity contribution is 8.00. The Balaban J connectivity index is 2.05. The first-order valence-electron chi connectivity index (χ1n) is 6.09. The van der Waals surface area contributed by atoms with Gasteiger partial charge in [0.05, 0.1) is 6.10 Å². The number of carbonyl (C=O) groups excluding carboxylic acids is 1.